The molecule has 0 fully saturated rings. The molecule has 0 aliphatic rings. The minimum Gasteiger partial charge on any atom is -0.395 e. The molecule has 11 heteroatoms. The second-order valence-corrected chi connectivity index (χ2v) is 2.96. The van der Waals surface area contributed by atoms with Crippen LogP contribution in [0.15, 0.2) is 6.07 Å². The van der Waals surface area contributed by atoms with Crippen molar-refractivity contribution in [1.82, 2.24) is 4.98 Å². The third-order valence-electron chi connectivity index (χ3n) is 1.72. The van der Waals surface area contributed by atoms with Gasteiger partial charge >= 0.3 is 12.0 Å². The van der Waals surface area contributed by atoms with E-state index in [2.05, 4.69) is 9.72 Å². The predicted octanol–water partition coefficient (Wildman–Crippen LogP) is 2.70. The first-order chi connectivity index (χ1) is 8.65. The molecule has 0 amide bonds. The van der Waals surface area contributed by atoms with Crippen LogP contribution in [0.2, 0.25) is 0 Å². The maximum atomic E-state index is 12.3. The Labute approximate surface area is 101 Å². The normalized spacial score (nSPS) is 11.2. The lowest BCUT2D eigenvalue weighted by atomic mass is 10.2. The molecule has 102 valence electrons. The van der Waals surface area contributed by atoms with Crippen molar-refractivity contribution in [2.75, 3.05) is 0 Å². The molecule has 1 rings (SSSR count). The van der Waals surface area contributed by atoms with Crippen molar-refractivity contribution in [3.05, 3.63) is 27.6 Å². The third-order valence-corrected chi connectivity index (χ3v) is 1.72. The highest BCUT2D eigenvalue weighted by atomic mass is 19.4. The molecule has 1 heterocycles. The topological polar surface area (TPSA) is 89.0 Å². The molecular weight excluding hydrogens is 281 g/mol. The molecule has 0 N–H and O–H groups in total. The predicted molar refractivity (Wildman–Crippen MR) is 47.2 cm³/mol. The SMILES string of the molecule is N#Cc1nc(C(F)F)cc([N+](=O)[O-])c1OC(F)(F)F. The van der Waals surface area contributed by atoms with Crippen LogP contribution in [0.3, 0.4) is 0 Å². The maximum Gasteiger partial charge on any atom is 0.573 e. The Hall–Kier alpha value is -2.51. The van der Waals surface area contributed by atoms with E-state index in [0.717, 1.165) is 6.07 Å². The van der Waals surface area contributed by atoms with Gasteiger partial charge in [-0.15, -0.1) is 13.2 Å². The first-order valence-corrected chi connectivity index (χ1v) is 4.29. The van der Waals surface area contributed by atoms with E-state index in [9.17, 15) is 32.1 Å². The quantitative estimate of drug-likeness (QED) is 0.483. The van der Waals surface area contributed by atoms with Crippen LogP contribution in [-0.2, 0) is 0 Å². The second kappa shape index (κ2) is 5.01. The van der Waals surface area contributed by atoms with E-state index in [1.807, 2.05) is 0 Å². The molecule has 1 aromatic rings. The largest absolute Gasteiger partial charge is 0.573 e. The van der Waals surface area contributed by atoms with Gasteiger partial charge in [0.2, 0.25) is 5.75 Å². The third kappa shape index (κ3) is 3.47. The van der Waals surface area contributed by atoms with Crippen LogP contribution in [0.1, 0.15) is 17.8 Å². The maximum absolute atomic E-state index is 12.3. The molecule has 0 aliphatic carbocycles. The fourth-order valence-electron chi connectivity index (χ4n) is 1.08. The summed E-state index contributed by atoms with van der Waals surface area (Å²) in [6.45, 7) is 0. The summed E-state index contributed by atoms with van der Waals surface area (Å²) in [6.07, 6.45) is -8.62. The molecule has 6 nitrogen and oxygen atoms in total. The Morgan fingerprint density at radius 2 is 2.05 bits per heavy atom. The number of nitriles is 1. The highest BCUT2D eigenvalue weighted by molar-refractivity contribution is 5.54. The number of aromatic nitrogens is 1. The Kier molecular flexibility index (Phi) is 3.83. The molecule has 0 aromatic carbocycles. The summed E-state index contributed by atoms with van der Waals surface area (Å²) in [5, 5.41) is 19.0. The van der Waals surface area contributed by atoms with Gasteiger partial charge in [-0.2, -0.15) is 5.26 Å². The number of alkyl halides is 5. The number of hydrogen-bond donors (Lipinski definition) is 0. The highest BCUT2D eigenvalue weighted by Gasteiger charge is 2.37. The lowest BCUT2D eigenvalue weighted by molar-refractivity contribution is -0.388. The molecule has 0 saturated heterocycles. The molecule has 0 spiro atoms. The van der Waals surface area contributed by atoms with Gasteiger partial charge in [0.05, 0.1) is 4.92 Å². The summed E-state index contributed by atoms with van der Waals surface area (Å²) in [5.74, 6) is -1.52. The van der Waals surface area contributed by atoms with E-state index in [0.29, 0.717) is 0 Å². The molecule has 0 aliphatic heterocycles. The molecule has 0 unspecified atom stereocenters. The van der Waals surface area contributed by atoms with E-state index >= 15 is 0 Å². The second-order valence-electron chi connectivity index (χ2n) is 2.96. The van der Waals surface area contributed by atoms with Gasteiger partial charge in [-0.3, -0.25) is 10.1 Å². The van der Waals surface area contributed by atoms with Crippen molar-refractivity contribution in [1.29, 1.82) is 5.26 Å². The summed E-state index contributed by atoms with van der Waals surface area (Å²) >= 11 is 0. The monoisotopic (exact) mass is 283 g/mol. The zero-order chi connectivity index (χ0) is 14.8. The van der Waals surface area contributed by atoms with Crippen molar-refractivity contribution >= 4 is 5.69 Å². The average molecular weight is 283 g/mol. The van der Waals surface area contributed by atoms with Crippen LogP contribution < -0.4 is 4.74 Å². The van der Waals surface area contributed by atoms with E-state index in [4.69, 9.17) is 5.26 Å². The fourth-order valence-corrected chi connectivity index (χ4v) is 1.08. The van der Waals surface area contributed by atoms with Crippen molar-refractivity contribution in [3.8, 4) is 11.8 Å². The lowest BCUT2D eigenvalue weighted by Crippen LogP contribution is -2.19. The van der Waals surface area contributed by atoms with Crippen molar-refractivity contribution < 1.29 is 31.6 Å². The Morgan fingerprint density at radius 3 is 2.42 bits per heavy atom. The van der Waals surface area contributed by atoms with Gasteiger partial charge in [0.25, 0.3) is 6.43 Å². The first kappa shape index (κ1) is 14.6. The van der Waals surface area contributed by atoms with Crippen LogP contribution >= 0.6 is 0 Å². The molecule has 0 saturated carbocycles. The molecule has 0 radical (unpaired) electrons. The van der Waals surface area contributed by atoms with E-state index < -0.39 is 40.5 Å². The van der Waals surface area contributed by atoms with Crippen LogP contribution in [-0.4, -0.2) is 16.3 Å². The van der Waals surface area contributed by atoms with Crippen LogP contribution in [0.5, 0.6) is 5.75 Å². The van der Waals surface area contributed by atoms with Crippen molar-refractivity contribution in [2.45, 2.75) is 12.8 Å². The molecule has 19 heavy (non-hydrogen) atoms. The standard InChI is InChI=1S/C8H2F5N3O3/c9-7(10)3-1-5(16(17)18)6(4(2-14)15-3)19-8(11,12)13/h1,7H. The van der Waals surface area contributed by atoms with E-state index in [-0.39, 0.29) is 6.07 Å². The van der Waals surface area contributed by atoms with Gasteiger partial charge in [-0.25, -0.2) is 13.8 Å². The lowest BCUT2D eigenvalue weighted by Gasteiger charge is -2.10. The summed E-state index contributed by atoms with van der Waals surface area (Å²) in [4.78, 5) is 12.0. The Bertz CT molecular complexity index is 552. The van der Waals surface area contributed by atoms with Crippen molar-refractivity contribution in [2.24, 2.45) is 0 Å². The van der Waals surface area contributed by atoms with Gasteiger partial charge < -0.3 is 4.74 Å². The number of hydrogen-bond acceptors (Lipinski definition) is 5. The number of ether oxygens (including phenoxy) is 1. The Morgan fingerprint density at radius 1 is 1.47 bits per heavy atom. The minimum absolute atomic E-state index is 0.118. The zero-order valence-electron chi connectivity index (χ0n) is 8.61. The van der Waals surface area contributed by atoms with Gasteiger partial charge in [-0.05, 0) is 0 Å². The zero-order valence-corrected chi connectivity index (χ0v) is 8.61. The molecule has 1 aromatic heterocycles. The molecule has 0 bridgehead atoms. The number of nitro groups is 1. The van der Waals surface area contributed by atoms with Gasteiger partial charge in [0, 0.05) is 6.07 Å². The van der Waals surface area contributed by atoms with Gasteiger partial charge in [0.15, 0.2) is 5.69 Å². The number of rotatable bonds is 3. The van der Waals surface area contributed by atoms with Crippen LogP contribution in [0.25, 0.3) is 0 Å². The number of nitrogens with zero attached hydrogens (tertiary/aromatic N) is 3. The van der Waals surface area contributed by atoms with E-state index in [1.165, 1.54) is 0 Å². The minimum atomic E-state index is -5.33. The van der Waals surface area contributed by atoms with Crippen LogP contribution in [0.4, 0.5) is 27.6 Å². The summed E-state index contributed by atoms with van der Waals surface area (Å²) in [5.41, 5.74) is -3.86. The number of halogens is 5. The summed E-state index contributed by atoms with van der Waals surface area (Å²) < 4.78 is 64.0. The number of pyridine rings is 1. The van der Waals surface area contributed by atoms with Gasteiger partial charge in [0.1, 0.15) is 11.8 Å². The Balaban J connectivity index is 3.51. The van der Waals surface area contributed by atoms with E-state index in [1.54, 1.807) is 0 Å². The first-order valence-electron chi connectivity index (χ1n) is 4.29. The fraction of sp³-hybridized carbons (Fsp3) is 0.250. The summed E-state index contributed by atoms with van der Waals surface area (Å²) in [7, 11) is 0. The van der Waals surface area contributed by atoms with Gasteiger partial charge in [-0.1, -0.05) is 0 Å². The molecule has 0 atom stereocenters. The smallest absolute Gasteiger partial charge is 0.395 e. The molecular formula is C8H2F5N3O3. The highest BCUT2D eigenvalue weighted by Crippen LogP contribution is 2.36. The average Bonchev–Trinajstić information content (AvgIpc) is 2.26. The van der Waals surface area contributed by atoms with Crippen molar-refractivity contribution in [3.63, 3.8) is 0 Å². The van der Waals surface area contributed by atoms with Crippen LogP contribution in [0, 0.1) is 21.4 Å². The summed E-state index contributed by atoms with van der Waals surface area (Å²) in [6, 6.07) is 1.15.